The zero-order valence-corrected chi connectivity index (χ0v) is 11.9. The van der Waals surface area contributed by atoms with Crippen molar-refractivity contribution in [2.45, 2.75) is 24.5 Å². The van der Waals surface area contributed by atoms with Gasteiger partial charge in [-0.2, -0.15) is 11.8 Å². The fourth-order valence-electron chi connectivity index (χ4n) is 2.21. The molecule has 2 N–H and O–H groups in total. The largest absolute Gasteiger partial charge is 0.355 e. The van der Waals surface area contributed by atoms with E-state index >= 15 is 0 Å². The van der Waals surface area contributed by atoms with E-state index in [1.54, 1.807) is 0 Å². The number of carbonyl (C=O) groups excluding carboxylic acids is 1. The van der Waals surface area contributed by atoms with E-state index in [4.69, 9.17) is 0 Å². The van der Waals surface area contributed by atoms with Crippen molar-refractivity contribution in [3.63, 3.8) is 0 Å². The molecule has 0 saturated carbocycles. The summed E-state index contributed by atoms with van der Waals surface area (Å²) in [6.07, 6.45) is 3.68. The van der Waals surface area contributed by atoms with Crippen LogP contribution in [0.1, 0.15) is 19.3 Å². The number of carbonyl (C=O) groups is 1. The molecular formula is C12H22N2OS2. The fourth-order valence-corrected chi connectivity index (χ4v) is 4.55. The van der Waals surface area contributed by atoms with Gasteiger partial charge >= 0.3 is 0 Å². The Morgan fingerprint density at radius 1 is 1.35 bits per heavy atom. The summed E-state index contributed by atoms with van der Waals surface area (Å²) in [5.74, 6) is 4.08. The summed E-state index contributed by atoms with van der Waals surface area (Å²) in [4.78, 5) is 11.7. The zero-order valence-electron chi connectivity index (χ0n) is 10.2. The quantitative estimate of drug-likeness (QED) is 0.794. The van der Waals surface area contributed by atoms with Crippen LogP contribution in [0.5, 0.6) is 0 Å². The van der Waals surface area contributed by atoms with E-state index in [1.165, 1.54) is 30.8 Å². The van der Waals surface area contributed by atoms with Crippen LogP contribution >= 0.6 is 23.5 Å². The van der Waals surface area contributed by atoms with Crippen LogP contribution in [0, 0.1) is 5.92 Å². The fraction of sp³-hybridized carbons (Fsp3) is 0.917. The van der Waals surface area contributed by atoms with Crippen molar-refractivity contribution in [2.24, 2.45) is 5.92 Å². The van der Waals surface area contributed by atoms with E-state index in [2.05, 4.69) is 10.6 Å². The summed E-state index contributed by atoms with van der Waals surface area (Å²) in [5.41, 5.74) is 0. The smallest absolute Gasteiger partial charge is 0.230 e. The highest BCUT2D eigenvalue weighted by atomic mass is 32.2. The van der Waals surface area contributed by atoms with Gasteiger partial charge in [0.15, 0.2) is 0 Å². The summed E-state index contributed by atoms with van der Waals surface area (Å²) in [6, 6.07) is 0. The van der Waals surface area contributed by atoms with Crippen LogP contribution in [0.25, 0.3) is 0 Å². The van der Waals surface area contributed by atoms with Gasteiger partial charge in [-0.25, -0.2) is 0 Å². The third-order valence-corrected chi connectivity index (χ3v) is 5.95. The molecule has 2 aliphatic heterocycles. The number of hydrogen-bond donors (Lipinski definition) is 2. The average Bonchev–Trinajstić information content (AvgIpc) is 2.88. The van der Waals surface area contributed by atoms with Crippen molar-refractivity contribution in [1.82, 2.24) is 10.6 Å². The highest BCUT2D eigenvalue weighted by Crippen LogP contribution is 2.23. The molecule has 17 heavy (non-hydrogen) atoms. The molecule has 0 bridgehead atoms. The summed E-state index contributed by atoms with van der Waals surface area (Å²) < 4.78 is 0. The molecule has 1 unspecified atom stereocenters. The maximum atomic E-state index is 11.7. The maximum Gasteiger partial charge on any atom is 0.230 e. The van der Waals surface area contributed by atoms with Gasteiger partial charge in [0.1, 0.15) is 0 Å². The summed E-state index contributed by atoms with van der Waals surface area (Å²) in [7, 11) is 0. The lowest BCUT2D eigenvalue weighted by atomic mass is 10.1. The highest BCUT2D eigenvalue weighted by molar-refractivity contribution is 8.00. The molecule has 2 rings (SSSR count). The van der Waals surface area contributed by atoms with Crippen molar-refractivity contribution in [2.75, 3.05) is 36.9 Å². The lowest BCUT2D eigenvalue weighted by Gasteiger charge is -2.21. The lowest BCUT2D eigenvalue weighted by molar-refractivity contribution is -0.118. The first-order valence-electron chi connectivity index (χ1n) is 6.51. The molecule has 98 valence electrons. The monoisotopic (exact) mass is 274 g/mol. The van der Waals surface area contributed by atoms with Crippen molar-refractivity contribution < 1.29 is 4.79 Å². The topological polar surface area (TPSA) is 41.1 Å². The Hall–Kier alpha value is 0.130. The van der Waals surface area contributed by atoms with Crippen LogP contribution in [0.2, 0.25) is 0 Å². The Kier molecular flexibility index (Phi) is 6.01. The van der Waals surface area contributed by atoms with Crippen LogP contribution in [0.4, 0.5) is 0 Å². The SMILES string of the molecule is O=C(CSC1CCNCC1)NCC1CCSC1. The van der Waals surface area contributed by atoms with Gasteiger partial charge in [0.05, 0.1) is 5.75 Å². The summed E-state index contributed by atoms with van der Waals surface area (Å²) in [5, 5.41) is 7.11. The van der Waals surface area contributed by atoms with Gasteiger partial charge < -0.3 is 10.6 Å². The zero-order chi connectivity index (χ0) is 11.9. The molecule has 0 aromatic rings. The van der Waals surface area contributed by atoms with E-state index < -0.39 is 0 Å². The predicted molar refractivity (Wildman–Crippen MR) is 76.8 cm³/mol. The normalized spacial score (nSPS) is 26.0. The Morgan fingerprint density at radius 3 is 2.88 bits per heavy atom. The minimum atomic E-state index is 0.227. The predicted octanol–water partition coefficient (Wildman–Crippen LogP) is 1.34. The lowest BCUT2D eigenvalue weighted by Crippen LogP contribution is -2.33. The molecule has 1 amide bonds. The van der Waals surface area contributed by atoms with Crippen LogP contribution in [-0.2, 0) is 4.79 Å². The van der Waals surface area contributed by atoms with E-state index in [1.807, 2.05) is 23.5 Å². The number of piperidine rings is 1. The second-order valence-electron chi connectivity index (χ2n) is 4.79. The second-order valence-corrected chi connectivity index (χ2v) is 7.23. The Balaban J connectivity index is 1.53. The molecule has 0 aliphatic carbocycles. The van der Waals surface area contributed by atoms with E-state index in [0.29, 0.717) is 16.9 Å². The first-order valence-corrected chi connectivity index (χ1v) is 8.71. The molecule has 3 nitrogen and oxygen atoms in total. The van der Waals surface area contributed by atoms with Crippen molar-refractivity contribution >= 4 is 29.4 Å². The van der Waals surface area contributed by atoms with Crippen molar-refractivity contribution in [3.8, 4) is 0 Å². The molecule has 2 fully saturated rings. The number of rotatable bonds is 5. The molecule has 0 aromatic carbocycles. The molecular weight excluding hydrogens is 252 g/mol. The summed E-state index contributed by atoms with van der Waals surface area (Å²) >= 11 is 3.84. The molecule has 0 aromatic heterocycles. The van der Waals surface area contributed by atoms with Crippen LogP contribution in [0.15, 0.2) is 0 Å². The van der Waals surface area contributed by atoms with Gasteiger partial charge in [0.25, 0.3) is 0 Å². The number of thioether (sulfide) groups is 2. The van der Waals surface area contributed by atoms with Gasteiger partial charge in [0, 0.05) is 11.8 Å². The number of amides is 1. The van der Waals surface area contributed by atoms with E-state index in [0.717, 1.165) is 19.6 Å². The van der Waals surface area contributed by atoms with Gasteiger partial charge in [-0.15, -0.1) is 11.8 Å². The van der Waals surface area contributed by atoms with Crippen molar-refractivity contribution in [1.29, 1.82) is 0 Å². The van der Waals surface area contributed by atoms with Crippen LogP contribution in [-0.4, -0.2) is 48.0 Å². The number of nitrogens with one attached hydrogen (secondary N) is 2. The highest BCUT2D eigenvalue weighted by Gasteiger charge is 2.17. The molecule has 5 heteroatoms. The van der Waals surface area contributed by atoms with Gasteiger partial charge in [-0.1, -0.05) is 0 Å². The number of hydrogen-bond acceptors (Lipinski definition) is 4. The molecule has 0 spiro atoms. The molecule has 0 radical (unpaired) electrons. The molecule has 1 atom stereocenters. The minimum Gasteiger partial charge on any atom is -0.355 e. The molecule has 2 aliphatic rings. The van der Waals surface area contributed by atoms with Gasteiger partial charge in [0.2, 0.25) is 5.91 Å². The van der Waals surface area contributed by atoms with Gasteiger partial charge in [-0.05, 0) is 49.8 Å². The Morgan fingerprint density at radius 2 is 2.18 bits per heavy atom. The average molecular weight is 274 g/mol. The Bertz CT molecular complexity index is 239. The third kappa shape index (κ3) is 5.10. The third-order valence-electron chi connectivity index (χ3n) is 3.35. The molecule has 2 saturated heterocycles. The summed E-state index contributed by atoms with van der Waals surface area (Å²) in [6.45, 7) is 3.11. The van der Waals surface area contributed by atoms with Crippen molar-refractivity contribution in [3.05, 3.63) is 0 Å². The maximum absolute atomic E-state index is 11.7. The van der Waals surface area contributed by atoms with E-state index in [-0.39, 0.29) is 5.91 Å². The first-order chi connectivity index (χ1) is 8.34. The van der Waals surface area contributed by atoms with E-state index in [9.17, 15) is 4.79 Å². The minimum absolute atomic E-state index is 0.227. The Labute approximate surface area is 112 Å². The standard InChI is InChI=1S/C12H22N2OS2/c15-12(14-7-10-3-6-16-8-10)9-17-11-1-4-13-5-2-11/h10-11,13H,1-9H2,(H,14,15). The molecule has 2 heterocycles. The van der Waals surface area contributed by atoms with Gasteiger partial charge in [-0.3, -0.25) is 4.79 Å². The second kappa shape index (κ2) is 7.54. The van der Waals surface area contributed by atoms with Crippen LogP contribution < -0.4 is 10.6 Å². The first kappa shape index (κ1) is 13.6. The van der Waals surface area contributed by atoms with Crippen LogP contribution in [0.3, 0.4) is 0 Å².